The van der Waals surface area contributed by atoms with E-state index in [0.717, 1.165) is 12.8 Å². The number of ketones is 2. The molecule has 0 aliphatic heterocycles. The Morgan fingerprint density at radius 3 is 2.16 bits per heavy atom. The highest BCUT2D eigenvalue weighted by molar-refractivity contribution is 5.83. The van der Waals surface area contributed by atoms with Crippen molar-refractivity contribution in [1.29, 1.82) is 0 Å². The van der Waals surface area contributed by atoms with Crippen molar-refractivity contribution in [2.24, 2.45) is 23.2 Å². The van der Waals surface area contributed by atoms with Crippen molar-refractivity contribution in [3.05, 3.63) is 0 Å². The maximum Gasteiger partial charge on any atom is 0.311 e. The van der Waals surface area contributed by atoms with E-state index < -0.39 is 5.41 Å². The predicted octanol–water partition coefficient (Wildman–Crippen LogP) is 2.40. The zero-order valence-electron chi connectivity index (χ0n) is 12.5. The summed E-state index contributed by atoms with van der Waals surface area (Å²) in [6, 6.07) is 0. The van der Waals surface area contributed by atoms with E-state index in [9.17, 15) is 14.4 Å². The average molecular weight is 268 g/mol. The molecule has 4 heteroatoms. The fourth-order valence-corrected chi connectivity index (χ4v) is 3.52. The lowest BCUT2D eigenvalue weighted by molar-refractivity contribution is -0.155. The van der Waals surface area contributed by atoms with Gasteiger partial charge in [0, 0.05) is 12.3 Å². The first-order valence-corrected chi connectivity index (χ1v) is 6.80. The standard InChI is InChI=1S/C15H24O4/c1-9(16)8-11-6-7-12(13(11)10(2)17)15(3,4)14(18)19-5/h11-13H,6-8H2,1-5H3/t11-,12+,13+/m0/s1. The van der Waals surface area contributed by atoms with E-state index in [0.29, 0.717) is 6.42 Å². The minimum Gasteiger partial charge on any atom is -0.469 e. The van der Waals surface area contributed by atoms with Crippen LogP contribution < -0.4 is 0 Å². The monoisotopic (exact) mass is 268 g/mol. The quantitative estimate of drug-likeness (QED) is 0.718. The number of methoxy groups -OCH3 is 1. The van der Waals surface area contributed by atoms with Crippen molar-refractivity contribution >= 4 is 17.5 Å². The minimum absolute atomic E-state index is 0.0400. The van der Waals surface area contributed by atoms with E-state index in [-0.39, 0.29) is 35.3 Å². The molecule has 0 bridgehead atoms. The molecule has 1 aliphatic carbocycles. The third kappa shape index (κ3) is 3.23. The van der Waals surface area contributed by atoms with Gasteiger partial charge in [-0.25, -0.2) is 0 Å². The zero-order valence-corrected chi connectivity index (χ0v) is 12.5. The van der Waals surface area contributed by atoms with E-state index in [4.69, 9.17) is 4.74 Å². The van der Waals surface area contributed by atoms with Crippen LogP contribution in [0.5, 0.6) is 0 Å². The molecule has 0 amide bonds. The Morgan fingerprint density at radius 1 is 1.16 bits per heavy atom. The van der Waals surface area contributed by atoms with Gasteiger partial charge in [0.25, 0.3) is 0 Å². The Labute approximate surface area is 114 Å². The van der Waals surface area contributed by atoms with Gasteiger partial charge in [-0.1, -0.05) is 0 Å². The maximum atomic E-state index is 11.9. The van der Waals surface area contributed by atoms with Gasteiger partial charge in [-0.05, 0) is 52.4 Å². The molecule has 0 spiro atoms. The smallest absolute Gasteiger partial charge is 0.311 e. The second-order valence-electron chi connectivity index (χ2n) is 6.20. The summed E-state index contributed by atoms with van der Waals surface area (Å²) < 4.78 is 4.85. The molecule has 0 N–H and O–H groups in total. The number of rotatable bonds is 5. The summed E-state index contributed by atoms with van der Waals surface area (Å²) in [5.74, 6) is -0.283. The lowest BCUT2D eigenvalue weighted by Crippen LogP contribution is -2.39. The van der Waals surface area contributed by atoms with Crippen LogP contribution in [0.1, 0.15) is 47.0 Å². The van der Waals surface area contributed by atoms with Crippen molar-refractivity contribution < 1.29 is 19.1 Å². The minimum atomic E-state index is -0.684. The molecule has 0 aromatic heterocycles. The lowest BCUT2D eigenvalue weighted by atomic mass is 9.70. The summed E-state index contributed by atoms with van der Waals surface area (Å²) in [7, 11) is 1.37. The van der Waals surface area contributed by atoms with Gasteiger partial charge in [-0.2, -0.15) is 0 Å². The maximum absolute atomic E-state index is 11.9. The predicted molar refractivity (Wildman–Crippen MR) is 71.5 cm³/mol. The van der Waals surface area contributed by atoms with E-state index >= 15 is 0 Å². The molecule has 1 rings (SSSR count). The van der Waals surface area contributed by atoms with Crippen LogP contribution in [-0.4, -0.2) is 24.6 Å². The van der Waals surface area contributed by atoms with Crippen LogP contribution in [0.25, 0.3) is 0 Å². The molecule has 0 aromatic carbocycles. The molecule has 0 heterocycles. The molecular formula is C15H24O4. The average Bonchev–Trinajstić information content (AvgIpc) is 2.71. The van der Waals surface area contributed by atoms with E-state index in [1.54, 1.807) is 13.8 Å². The number of ether oxygens (including phenoxy) is 1. The molecule has 4 nitrogen and oxygen atoms in total. The van der Waals surface area contributed by atoms with Gasteiger partial charge in [-0.15, -0.1) is 0 Å². The zero-order chi connectivity index (χ0) is 14.8. The summed E-state index contributed by atoms with van der Waals surface area (Å²) >= 11 is 0. The van der Waals surface area contributed by atoms with Gasteiger partial charge in [0.05, 0.1) is 12.5 Å². The number of hydrogen-bond acceptors (Lipinski definition) is 4. The second kappa shape index (κ2) is 5.85. The first-order chi connectivity index (χ1) is 8.71. The normalized spacial score (nSPS) is 27.1. The Morgan fingerprint density at radius 2 is 1.74 bits per heavy atom. The van der Waals surface area contributed by atoms with Gasteiger partial charge in [-0.3, -0.25) is 9.59 Å². The van der Waals surface area contributed by atoms with Crippen molar-refractivity contribution in [3.63, 3.8) is 0 Å². The summed E-state index contributed by atoms with van der Waals surface area (Å²) in [6.07, 6.45) is 2.05. The fourth-order valence-electron chi connectivity index (χ4n) is 3.52. The topological polar surface area (TPSA) is 60.4 Å². The molecule has 3 atom stereocenters. The molecule has 1 saturated carbocycles. The van der Waals surface area contributed by atoms with Crippen LogP contribution in [0.2, 0.25) is 0 Å². The molecule has 0 aromatic rings. The molecule has 0 unspecified atom stereocenters. The van der Waals surface area contributed by atoms with Gasteiger partial charge < -0.3 is 9.53 Å². The Kier molecular flexibility index (Phi) is 4.88. The number of esters is 1. The third-order valence-electron chi connectivity index (χ3n) is 4.45. The van der Waals surface area contributed by atoms with Crippen LogP contribution >= 0.6 is 0 Å². The number of carbonyl (C=O) groups excluding carboxylic acids is 3. The van der Waals surface area contributed by atoms with Gasteiger partial charge in [0.15, 0.2) is 0 Å². The number of carbonyl (C=O) groups is 3. The lowest BCUT2D eigenvalue weighted by Gasteiger charge is -2.33. The van der Waals surface area contributed by atoms with Gasteiger partial charge >= 0.3 is 5.97 Å². The highest BCUT2D eigenvalue weighted by Gasteiger charge is 2.49. The highest BCUT2D eigenvalue weighted by Crippen LogP contribution is 2.48. The number of hydrogen-bond donors (Lipinski definition) is 0. The summed E-state index contributed by atoms with van der Waals surface area (Å²) in [5.41, 5.74) is -0.684. The fraction of sp³-hybridized carbons (Fsp3) is 0.800. The molecule has 1 aliphatic rings. The Balaban J connectivity index is 2.99. The summed E-state index contributed by atoms with van der Waals surface area (Å²) in [5, 5.41) is 0. The van der Waals surface area contributed by atoms with Crippen LogP contribution in [0.15, 0.2) is 0 Å². The SMILES string of the molecule is COC(=O)C(C)(C)[C@@H]1CC[C@@H](CC(C)=O)[C@H]1C(C)=O. The second-order valence-corrected chi connectivity index (χ2v) is 6.20. The van der Waals surface area contributed by atoms with Gasteiger partial charge in [0.1, 0.15) is 11.6 Å². The van der Waals surface area contributed by atoms with Crippen LogP contribution in [0.4, 0.5) is 0 Å². The van der Waals surface area contributed by atoms with Gasteiger partial charge in [0.2, 0.25) is 0 Å². The van der Waals surface area contributed by atoms with Crippen molar-refractivity contribution in [3.8, 4) is 0 Å². The van der Waals surface area contributed by atoms with Crippen LogP contribution in [0, 0.1) is 23.2 Å². The van der Waals surface area contributed by atoms with Crippen LogP contribution in [0.3, 0.4) is 0 Å². The molecule has 1 fully saturated rings. The van der Waals surface area contributed by atoms with E-state index in [1.165, 1.54) is 7.11 Å². The van der Waals surface area contributed by atoms with Crippen molar-refractivity contribution in [1.82, 2.24) is 0 Å². The molecular weight excluding hydrogens is 244 g/mol. The Hall–Kier alpha value is -1.19. The molecule has 19 heavy (non-hydrogen) atoms. The highest BCUT2D eigenvalue weighted by atomic mass is 16.5. The summed E-state index contributed by atoms with van der Waals surface area (Å²) in [6.45, 7) is 6.77. The van der Waals surface area contributed by atoms with Crippen molar-refractivity contribution in [2.45, 2.75) is 47.0 Å². The molecule has 0 saturated heterocycles. The van der Waals surface area contributed by atoms with E-state index in [2.05, 4.69) is 0 Å². The third-order valence-corrected chi connectivity index (χ3v) is 4.45. The van der Waals surface area contributed by atoms with Crippen molar-refractivity contribution in [2.75, 3.05) is 7.11 Å². The first-order valence-electron chi connectivity index (χ1n) is 6.80. The number of Topliss-reactive ketones (excluding diaryl/α,β-unsaturated/α-hetero) is 2. The first kappa shape index (κ1) is 15.9. The largest absolute Gasteiger partial charge is 0.469 e. The van der Waals surface area contributed by atoms with Crippen LogP contribution in [-0.2, 0) is 19.1 Å². The van der Waals surface area contributed by atoms with E-state index in [1.807, 2.05) is 13.8 Å². The Bertz CT molecular complexity index is 384. The summed E-state index contributed by atoms with van der Waals surface area (Å²) in [4.78, 5) is 35.2. The molecule has 0 radical (unpaired) electrons. The molecule has 108 valence electrons.